The summed E-state index contributed by atoms with van der Waals surface area (Å²) in [5.41, 5.74) is 0.560. The highest BCUT2D eigenvalue weighted by Gasteiger charge is 2.20. The molecule has 0 unspecified atom stereocenters. The monoisotopic (exact) mass is 324 g/mol. The van der Waals surface area contributed by atoms with Crippen molar-refractivity contribution in [1.82, 2.24) is 10.6 Å². The molecule has 0 aliphatic rings. The fraction of sp³-hybridized carbons (Fsp3) is 0.500. The quantitative estimate of drug-likeness (QED) is 0.816. The number of hydrogen-bond donors (Lipinski definition) is 2. The van der Waals surface area contributed by atoms with E-state index in [0.29, 0.717) is 11.6 Å². The van der Waals surface area contributed by atoms with Gasteiger partial charge in [-0.1, -0.05) is 30.3 Å². The Morgan fingerprint density at radius 2 is 1.91 bits per heavy atom. The molecule has 1 amide bonds. The molecule has 0 aliphatic carbocycles. The summed E-state index contributed by atoms with van der Waals surface area (Å²) in [5.74, 6) is 0. The number of carbonyl (C=O) groups is 1. The molecule has 0 saturated carbocycles. The Morgan fingerprint density at radius 3 is 2.45 bits per heavy atom. The summed E-state index contributed by atoms with van der Waals surface area (Å²) in [4.78, 5) is 11.9. The summed E-state index contributed by atoms with van der Waals surface area (Å²) in [6.45, 7) is 5.75. The molecule has 5 nitrogen and oxygen atoms in total. The topological polar surface area (TPSA) is 59.6 Å². The van der Waals surface area contributed by atoms with Crippen molar-refractivity contribution in [3.63, 3.8) is 0 Å². The van der Waals surface area contributed by atoms with Crippen molar-refractivity contribution in [3.8, 4) is 0 Å². The Labute approximate surface area is 137 Å². The highest BCUT2D eigenvalue weighted by atomic mass is 32.1. The number of hydrogen-bond acceptors (Lipinski definition) is 4. The van der Waals surface area contributed by atoms with E-state index in [1.807, 2.05) is 51.1 Å². The van der Waals surface area contributed by atoms with Gasteiger partial charge in [-0.3, -0.25) is 0 Å². The number of rotatable bonds is 5. The van der Waals surface area contributed by atoms with Crippen LogP contribution in [0.15, 0.2) is 30.3 Å². The lowest BCUT2D eigenvalue weighted by molar-refractivity contribution is 0.0485. The van der Waals surface area contributed by atoms with Gasteiger partial charge in [-0.05, 0) is 45.0 Å². The van der Waals surface area contributed by atoms with Crippen molar-refractivity contribution in [2.45, 2.75) is 38.8 Å². The molecule has 122 valence electrons. The molecule has 0 spiro atoms. The zero-order valence-corrected chi connectivity index (χ0v) is 14.3. The molecule has 0 heterocycles. The Hall–Kier alpha value is -1.82. The molecule has 1 aromatic carbocycles. The zero-order chi connectivity index (χ0) is 16.6. The normalized spacial score (nSPS) is 12.2. The van der Waals surface area contributed by atoms with E-state index >= 15 is 0 Å². The average molecular weight is 324 g/mol. The molecule has 0 aromatic heterocycles. The first-order valence-electron chi connectivity index (χ1n) is 7.18. The second kappa shape index (κ2) is 8.58. The van der Waals surface area contributed by atoms with E-state index in [4.69, 9.17) is 21.7 Å². The smallest absolute Gasteiger partial charge is 0.408 e. The van der Waals surface area contributed by atoms with Crippen LogP contribution in [0, 0.1) is 0 Å². The molecule has 0 aliphatic heterocycles. The average Bonchev–Trinajstić information content (AvgIpc) is 2.43. The number of carbonyl (C=O) groups excluding carboxylic acids is 1. The van der Waals surface area contributed by atoms with Crippen molar-refractivity contribution < 1.29 is 14.3 Å². The summed E-state index contributed by atoms with van der Waals surface area (Å²) in [6, 6.07) is 9.63. The fourth-order valence-electron chi connectivity index (χ4n) is 1.77. The van der Waals surface area contributed by atoms with Gasteiger partial charge in [0.1, 0.15) is 12.2 Å². The van der Waals surface area contributed by atoms with Crippen LogP contribution >= 0.6 is 12.2 Å². The third-order valence-electron chi connectivity index (χ3n) is 2.67. The molecule has 2 N–H and O–H groups in total. The first-order valence-corrected chi connectivity index (χ1v) is 7.59. The van der Waals surface area contributed by atoms with Crippen LogP contribution in [-0.4, -0.2) is 36.6 Å². The van der Waals surface area contributed by atoms with Gasteiger partial charge < -0.3 is 20.1 Å². The van der Waals surface area contributed by atoms with E-state index in [9.17, 15) is 4.79 Å². The fourth-order valence-corrected chi connectivity index (χ4v) is 1.84. The van der Waals surface area contributed by atoms with Crippen LogP contribution in [0.5, 0.6) is 0 Å². The number of alkyl carbamates (subject to hydrolysis) is 1. The van der Waals surface area contributed by atoms with E-state index in [1.54, 1.807) is 7.05 Å². The van der Waals surface area contributed by atoms with Crippen LogP contribution in [0.4, 0.5) is 4.79 Å². The molecule has 0 fully saturated rings. The summed E-state index contributed by atoms with van der Waals surface area (Å²) >= 11 is 4.96. The molecule has 6 heteroatoms. The number of thiocarbonyl (C=S) groups is 1. The number of benzene rings is 1. The van der Waals surface area contributed by atoms with Crippen LogP contribution in [-0.2, 0) is 15.9 Å². The van der Waals surface area contributed by atoms with Crippen molar-refractivity contribution in [3.05, 3.63) is 35.9 Å². The molecule has 1 aromatic rings. The number of nitrogens with one attached hydrogen (secondary N) is 2. The Bertz CT molecular complexity index is 486. The van der Waals surface area contributed by atoms with Crippen molar-refractivity contribution in [1.29, 1.82) is 0 Å². The Balaban J connectivity index is 2.65. The van der Waals surface area contributed by atoms with Gasteiger partial charge >= 0.3 is 6.09 Å². The maximum absolute atomic E-state index is 11.9. The van der Waals surface area contributed by atoms with Crippen LogP contribution in [0.1, 0.15) is 26.3 Å². The second-order valence-corrected chi connectivity index (χ2v) is 6.25. The second-order valence-electron chi connectivity index (χ2n) is 5.88. The van der Waals surface area contributed by atoms with Gasteiger partial charge in [0.2, 0.25) is 0 Å². The first kappa shape index (κ1) is 18.2. The van der Waals surface area contributed by atoms with Crippen molar-refractivity contribution in [2.24, 2.45) is 0 Å². The van der Waals surface area contributed by atoms with Crippen molar-refractivity contribution in [2.75, 3.05) is 13.7 Å². The lowest BCUT2D eigenvalue weighted by Crippen LogP contribution is -2.43. The third kappa shape index (κ3) is 7.83. The molecule has 1 atom stereocenters. The minimum atomic E-state index is -0.539. The Morgan fingerprint density at radius 1 is 1.27 bits per heavy atom. The molecule has 22 heavy (non-hydrogen) atoms. The number of amides is 1. The van der Waals surface area contributed by atoms with E-state index in [-0.39, 0.29) is 12.6 Å². The molecule has 0 saturated heterocycles. The minimum absolute atomic E-state index is 0.233. The van der Waals surface area contributed by atoms with Crippen LogP contribution in [0.25, 0.3) is 0 Å². The summed E-state index contributed by atoms with van der Waals surface area (Å²) in [6.07, 6.45) is 0.166. The molecular weight excluding hydrogens is 300 g/mol. The maximum Gasteiger partial charge on any atom is 0.408 e. The predicted octanol–water partition coefficient (Wildman–Crippen LogP) is 2.64. The first-order chi connectivity index (χ1) is 10.3. The minimum Gasteiger partial charge on any atom is -0.469 e. The SMILES string of the molecule is CNC(=S)OC[C@@H](Cc1ccccc1)NC(=O)OC(C)(C)C. The van der Waals surface area contributed by atoms with E-state index in [1.165, 1.54) is 0 Å². The summed E-state index contributed by atoms with van der Waals surface area (Å²) in [7, 11) is 1.69. The van der Waals surface area contributed by atoms with Crippen molar-refractivity contribution >= 4 is 23.5 Å². The van der Waals surface area contributed by atoms with Gasteiger partial charge in [0.15, 0.2) is 0 Å². The van der Waals surface area contributed by atoms with Crippen LogP contribution in [0.2, 0.25) is 0 Å². The lowest BCUT2D eigenvalue weighted by Gasteiger charge is -2.24. The van der Waals surface area contributed by atoms with Crippen LogP contribution in [0.3, 0.4) is 0 Å². The molecule has 1 rings (SSSR count). The van der Waals surface area contributed by atoms with Gasteiger partial charge in [0, 0.05) is 7.05 Å². The van der Waals surface area contributed by atoms with Gasteiger partial charge in [-0.15, -0.1) is 0 Å². The van der Waals surface area contributed by atoms with Gasteiger partial charge in [-0.25, -0.2) is 4.79 Å². The molecule has 0 bridgehead atoms. The third-order valence-corrected chi connectivity index (χ3v) is 2.99. The van der Waals surface area contributed by atoms with Gasteiger partial charge in [0.05, 0.1) is 6.04 Å². The predicted molar refractivity (Wildman–Crippen MR) is 90.9 cm³/mol. The van der Waals surface area contributed by atoms with E-state index in [2.05, 4.69) is 10.6 Å². The molecular formula is C16H24N2O3S. The van der Waals surface area contributed by atoms with E-state index < -0.39 is 11.7 Å². The maximum atomic E-state index is 11.9. The standard InChI is InChI=1S/C16H24N2O3S/c1-16(2,3)21-14(19)18-13(11-20-15(22)17-4)10-12-8-6-5-7-9-12/h5-9,13H,10-11H2,1-4H3,(H,17,22)(H,18,19)/t13-/m1/s1. The Kier molecular flexibility index (Phi) is 7.11. The molecule has 0 radical (unpaired) electrons. The largest absolute Gasteiger partial charge is 0.469 e. The lowest BCUT2D eigenvalue weighted by atomic mass is 10.1. The van der Waals surface area contributed by atoms with Gasteiger partial charge in [0.25, 0.3) is 5.17 Å². The van der Waals surface area contributed by atoms with Gasteiger partial charge in [-0.2, -0.15) is 0 Å². The summed E-state index contributed by atoms with van der Waals surface area (Å²) < 4.78 is 10.7. The van der Waals surface area contributed by atoms with E-state index in [0.717, 1.165) is 5.56 Å². The highest BCUT2D eigenvalue weighted by molar-refractivity contribution is 7.80. The highest BCUT2D eigenvalue weighted by Crippen LogP contribution is 2.08. The summed E-state index contributed by atoms with van der Waals surface area (Å²) in [5, 5.41) is 5.86. The number of ether oxygens (including phenoxy) is 2. The van der Waals surface area contributed by atoms with Crippen LogP contribution < -0.4 is 10.6 Å². The zero-order valence-electron chi connectivity index (χ0n) is 13.5.